The van der Waals surface area contributed by atoms with Crippen LogP contribution in [-0.2, 0) is 19.6 Å². The van der Waals surface area contributed by atoms with Crippen LogP contribution < -0.4 is 5.32 Å². The van der Waals surface area contributed by atoms with Crippen LogP contribution in [0.1, 0.15) is 37.7 Å². The molecule has 4 rings (SSSR count). The predicted molar refractivity (Wildman–Crippen MR) is 132 cm³/mol. The van der Waals surface area contributed by atoms with Gasteiger partial charge in [-0.25, -0.2) is 8.42 Å². The molecule has 2 aliphatic rings. The minimum absolute atomic E-state index is 0.0479. The van der Waals surface area contributed by atoms with E-state index in [1.807, 2.05) is 30.3 Å². The smallest absolute Gasteiger partial charge is 0.246 e. The van der Waals surface area contributed by atoms with Crippen LogP contribution in [0.5, 0.6) is 0 Å². The molecular weight excluding hydrogens is 450 g/mol. The molecule has 8 heteroatoms. The third-order valence-corrected chi connectivity index (χ3v) is 8.38. The molecule has 34 heavy (non-hydrogen) atoms. The van der Waals surface area contributed by atoms with E-state index in [1.54, 1.807) is 41.3 Å². The zero-order valence-corrected chi connectivity index (χ0v) is 20.0. The third kappa shape index (κ3) is 5.93. The third-order valence-electron chi connectivity index (χ3n) is 6.47. The van der Waals surface area contributed by atoms with Crippen LogP contribution in [0, 0.1) is 5.92 Å². The van der Waals surface area contributed by atoms with Gasteiger partial charge in [0.1, 0.15) is 0 Å². The molecular formula is C26H31N3O4S. The van der Waals surface area contributed by atoms with Crippen LogP contribution in [0.4, 0.5) is 5.69 Å². The van der Waals surface area contributed by atoms with Gasteiger partial charge in [0.05, 0.1) is 4.90 Å². The second kappa shape index (κ2) is 11.0. The molecule has 2 aromatic carbocycles. The number of nitrogens with zero attached hydrogens (tertiary/aromatic N) is 2. The van der Waals surface area contributed by atoms with E-state index < -0.39 is 10.0 Å². The van der Waals surface area contributed by atoms with Crippen molar-refractivity contribution in [3.05, 3.63) is 66.2 Å². The van der Waals surface area contributed by atoms with E-state index in [1.165, 1.54) is 4.31 Å². The van der Waals surface area contributed by atoms with Gasteiger partial charge in [-0.2, -0.15) is 4.31 Å². The van der Waals surface area contributed by atoms with E-state index in [-0.39, 0.29) is 22.6 Å². The van der Waals surface area contributed by atoms with Crippen molar-refractivity contribution in [2.24, 2.45) is 5.92 Å². The normalized spacial score (nSPS) is 18.2. The Kier molecular flexibility index (Phi) is 7.80. The Labute approximate surface area is 201 Å². The standard InChI is InChI=1S/C26H31N3O4S/c30-25(14-9-21-7-3-1-4-8-21)28-19-15-22(16-20-28)26(31)27-23-10-12-24(13-11-23)34(32,33)29-17-5-2-6-18-29/h1,3-4,7-14,22H,2,5-6,15-20H2,(H,27,31). The number of rotatable bonds is 6. The van der Waals surface area contributed by atoms with Crippen molar-refractivity contribution in [2.75, 3.05) is 31.5 Å². The summed E-state index contributed by atoms with van der Waals surface area (Å²) in [6, 6.07) is 16.1. The molecule has 2 amide bonds. The van der Waals surface area contributed by atoms with E-state index in [0.717, 1.165) is 24.8 Å². The van der Waals surface area contributed by atoms with Crippen molar-refractivity contribution >= 4 is 33.6 Å². The van der Waals surface area contributed by atoms with Crippen molar-refractivity contribution in [3.8, 4) is 0 Å². The molecule has 0 bridgehead atoms. The molecule has 180 valence electrons. The van der Waals surface area contributed by atoms with Crippen LogP contribution in [0.25, 0.3) is 6.08 Å². The van der Waals surface area contributed by atoms with E-state index >= 15 is 0 Å². The second-order valence-corrected chi connectivity index (χ2v) is 10.8. The molecule has 0 spiro atoms. The number of hydrogen-bond acceptors (Lipinski definition) is 4. The fourth-order valence-electron chi connectivity index (χ4n) is 4.41. The van der Waals surface area contributed by atoms with Crippen molar-refractivity contribution in [1.29, 1.82) is 0 Å². The minimum Gasteiger partial charge on any atom is -0.339 e. The second-order valence-electron chi connectivity index (χ2n) is 8.82. The largest absolute Gasteiger partial charge is 0.339 e. The molecule has 0 saturated carbocycles. The maximum Gasteiger partial charge on any atom is 0.246 e. The number of hydrogen-bond donors (Lipinski definition) is 1. The summed E-state index contributed by atoms with van der Waals surface area (Å²) in [4.78, 5) is 27.2. The number of anilines is 1. The molecule has 2 saturated heterocycles. The Bertz CT molecular complexity index is 1120. The van der Waals surface area contributed by atoms with E-state index in [2.05, 4.69) is 5.32 Å². The van der Waals surface area contributed by atoms with Crippen molar-refractivity contribution in [1.82, 2.24) is 9.21 Å². The summed E-state index contributed by atoms with van der Waals surface area (Å²) in [6.07, 6.45) is 7.42. The first kappa shape index (κ1) is 24.2. The summed E-state index contributed by atoms with van der Waals surface area (Å²) >= 11 is 0. The Hall–Kier alpha value is -2.97. The highest BCUT2D eigenvalue weighted by molar-refractivity contribution is 7.89. The zero-order valence-electron chi connectivity index (χ0n) is 19.2. The molecule has 0 atom stereocenters. The van der Waals surface area contributed by atoms with Gasteiger partial charge in [-0.15, -0.1) is 0 Å². The van der Waals surface area contributed by atoms with Crippen LogP contribution in [0.15, 0.2) is 65.6 Å². The fraction of sp³-hybridized carbons (Fsp3) is 0.385. The number of piperidine rings is 2. The summed E-state index contributed by atoms with van der Waals surface area (Å²) in [5.74, 6) is -0.328. The number of carbonyl (C=O) groups is 2. The SMILES string of the molecule is O=C(Nc1ccc(S(=O)(=O)N2CCCCC2)cc1)C1CCN(C(=O)C=Cc2ccccc2)CC1. The first-order valence-corrected chi connectivity index (χ1v) is 13.3. The molecule has 2 heterocycles. The van der Waals surface area contributed by atoms with Gasteiger partial charge >= 0.3 is 0 Å². The zero-order chi connectivity index (χ0) is 24.0. The van der Waals surface area contributed by atoms with Gasteiger partial charge in [-0.1, -0.05) is 36.8 Å². The highest BCUT2D eigenvalue weighted by Crippen LogP contribution is 2.24. The van der Waals surface area contributed by atoms with Crippen molar-refractivity contribution in [2.45, 2.75) is 37.0 Å². The molecule has 2 aromatic rings. The minimum atomic E-state index is -3.49. The lowest BCUT2D eigenvalue weighted by Crippen LogP contribution is -2.40. The predicted octanol–water partition coefficient (Wildman–Crippen LogP) is 3.75. The maximum atomic E-state index is 12.8. The number of benzene rings is 2. The van der Waals surface area contributed by atoms with Gasteiger partial charge < -0.3 is 10.2 Å². The summed E-state index contributed by atoms with van der Waals surface area (Å²) in [6.45, 7) is 2.18. The molecule has 2 fully saturated rings. The van der Waals surface area contributed by atoms with E-state index in [4.69, 9.17) is 0 Å². The summed E-state index contributed by atoms with van der Waals surface area (Å²) in [5, 5.41) is 2.90. The van der Waals surface area contributed by atoms with E-state index in [9.17, 15) is 18.0 Å². The molecule has 0 aromatic heterocycles. The maximum absolute atomic E-state index is 12.8. The van der Waals surface area contributed by atoms with Gasteiger partial charge in [0, 0.05) is 43.9 Å². The summed E-state index contributed by atoms with van der Waals surface area (Å²) < 4.78 is 27.1. The average Bonchev–Trinajstić information content (AvgIpc) is 2.89. The lowest BCUT2D eigenvalue weighted by atomic mass is 9.95. The highest BCUT2D eigenvalue weighted by atomic mass is 32.2. The lowest BCUT2D eigenvalue weighted by molar-refractivity contribution is -0.130. The quantitative estimate of drug-likeness (QED) is 0.637. The highest BCUT2D eigenvalue weighted by Gasteiger charge is 2.28. The summed E-state index contributed by atoms with van der Waals surface area (Å²) in [5.41, 5.74) is 1.55. The fourth-order valence-corrected chi connectivity index (χ4v) is 5.93. The van der Waals surface area contributed by atoms with Crippen molar-refractivity contribution < 1.29 is 18.0 Å². The van der Waals surface area contributed by atoms with Gasteiger partial charge in [0.25, 0.3) is 0 Å². The van der Waals surface area contributed by atoms with Crippen LogP contribution in [0.2, 0.25) is 0 Å². The Balaban J connectivity index is 1.27. The topological polar surface area (TPSA) is 86.8 Å². The molecule has 0 radical (unpaired) electrons. The number of sulfonamides is 1. The average molecular weight is 482 g/mol. The molecule has 0 unspecified atom stereocenters. The molecule has 1 N–H and O–H groups in total. The number of nitrogens with one attached hydrogen (secondary N) is 1. The number of carbonyl (C=O) groups excluding carboxylic acids is 2. The van der Waals surface area contributed by atoms with Crippen LogP contribution >= 0.6 is 0 Å². The van der Waals surface area contributed by atoms with Crippen LogP contribution in [0.3, 0.4) is 0 Å². The van der Waals surface area contributed by atoms with Crippen molar-refractivity contribution in [3.63, 3.8) is 0 Å². The lowest BCUT2D eigenvalue weighted by Gasteiger charge is -2.30. The number of likely N-dealkylation sites (tertiary alicyclic amines) is 1. The van der Waals surface area contributed by atoms with Gasteiger partial charge in [-0.05, 0) is 61.6 Å². The number of amides is 2. The molecule has 7 nitrogen and oxygen atoms in total. The Morgan fingerprint density at radius 2 is 1.50 bits per heavy atom. The first-order chi connectivity index (χ1) is 16.4. The van der Waals surface area contributed by atoms with Gasteiger partial charge in [-0.3, -0.25) is 9.59 Å². The molecule has 0 aliphatic carbocycles. The first-order valence-electron chi connectivity index (χ1n) is 11.9. The van der Waals surface area contributed by atoms with Crippen LogP contribution in [-0.4, -0.2) is 55.6 Å². The Morgan fingerprint density at radius 1 is 0.853 bits per heavy atom. The van der Waals surface area contributed by atoms with E-state index in [0.29, 0.717) is 44.7 Å². The van der Waals surface area contributed by atoms with Gasteiger partial charge in [0.2, 0.25) is 21.8 Å². The molecule has 2 aliphatic heterocycles. The monoisotopic (exact) mass is 481 g/mol. The summed E-state index contributed by atoms with van der Waals surface area (Å²) in [7, 11) is -3.49. The Morgan fingerprint density at radius 3 is 2.15 bits per heavy atom. The van der Waals surface area contributed by atoms with Gasteiger partial charge in [0.15, 0.2) is 0 Å².